The van der Waals surface area contributed by atoms with Gasteiger partial charge in [-0.15, -0.1) is 0 Å². The van der Waals surface area contributed by atoms with Crippen LogP contribution < -0.4 is 0 Å². The molecular formula is C17H9F2NO. The summed E-state index contributed by atoms with van der Waals surface area (Å²) in [7, 11) is 0. The van der Waals surface area contributed by atoms with Crippen molar-refractivity contribution < 1.29 is 13.2 Å². The van der Waals surface area contributed by atoms with Gasteiger partial charge < -0.3 is 4.42 Å². The van der Waals surface area contributed by atoms with Crippen LogP contribution in [0.1, 0.15) is 5.56 Å². The van der Waals surface area contributed by atoms with E-state index in [4.69, 9.17) is 4.42 Å². The molecule has 102 valence electrons. The molecule has 0 amide bonds. The fraction of sp³-hybridized carbons (Fsp3) is 0. The van der Waals surface area contributed by atoms with Crippen LogP contribution in [0.4, 0.5) is 8.78 Å². The molecule has 0 saturated heterocycles. The molecule has 3 aromatic rings. The first-order valence-electron chi connectivity index (χ1n) is 6.23. The molecule has 0 aliphatic heterocycles. The van der Waals surface area contributed by atoms with Crippen LogP contribution in [-0.4, -0.2) is 0 Å². The Morgan fingerprint density at radius 3 is 1.86 bits per heavy atom. The zero-order valence-corrected chi connectivity index (χ0v) is 10.8. The molecule has 0 bridgehead atoms. The lowest BCUT2D eigenvalue weighted by molar-refractivity contribution is 0.594. The second-order valence-corrected chi connectivity index (χ2v) is 4.48. The van der Waals surface area contributed by atoms with Crippen LogP contribution in [0.3, 0.4) is 0 Å². The number of halogens is 2. The van der Waals surface area contributed by atoms with E-state index in [-0.39, 0.29) is 11.6 Å². The molecule has 1 aromatic heterocycles. The van der Waals surface area contributed by atoms with E-state index in [0.29, 0.717) is 28.2 Å². The summed E-state index contributed by atoms with van der Waals surface area (Å²) in [6.45, 7) is 0. The number of hydrogen-bond acceptors (Lipinski definition) is 2. The molecule has 4 heteroatoms. The maximum atomic E-state index is 13.0. The van der Waals surface area contributed by atoms with Crippen molar-refractivity contribution in [1.82, 2.24) is 0 Å². The minimum Gasteiger partial charge on any atom is -0.455 e. The zero-order chi connectivity index (χ0) is 14.8. The summed E-state index contributed by atoms with van der Waals surface area (Å²) >= 11 is 0. The molecule has 0 saturated carbocycles. The third-order valence-electron chi connectivity index (χ3n) is 3.09. The zero-order valence-electron chi connectivity index (χ0n) is 10.8. The van der Waals surface area contributed by atoms with Crippen molar-refractivity contribution in [3.8, 4) is 28.7 Å². The largest absolute Gasteiger partial charge is 0.455 e. The predicted molar refractivity (Wildman–Crippen MR) is 74.2 cm³/mol. The van der Waals surface area contributed by atoms with E-state index in [0.717, 1.165) is 0 Å². The first-order valence-corrected chi connectivity index (χ1v) is 6.23. The lowest BCUT2D eigenvalue weighted by Crippen LogP contribution is -1.79. The summed E-state index contributed by atoms with van der Waals surface area (Å²) in [4.78, 5) is 0. The van der Waals surface area contributed by atoms with E-state index in [2.05, 4.69) is 0 Å². The summed E-state index contributed by atoms with van der Waals surface area (Å²) in [6.07, 6.45) is 0. The molecule has 2 nitrogen and oxygen atoms in total. The topological polar surface area (TPSA) is 36.9 Å². The Kier molecular flexibility index (Phi) is 3.25. The lowest BCUT2D eigenvalue weighted by Gasteiger charge is -1.99. The number of nitriles is 1. The van der Waals surface area contributed by atoms with Gasteiger partial charge in [-0.2, -0.15) is 5.26 Å². The smallest absolute Gasteiger partial charge is 0.152 e. The third kappa shape index (κ3) is 2.54. The highest BCUT2D eigenvalue weighted by Gasteiger charge is 2.14. The standard InChI is InChI=1S/C17H9F2NO/c18-14-5-1-11(2-6-14)16-9-13(10-20)17(21-16)12-3-7-15(19)8-4-12/h1-9H. The van der Waals surface area contributed by atoms with Crippen LogP contribution in [0.25, 0.3) is 22.6 Å². The van der Waals surface area contributed by atoms with Crippen molar-refractivity contribution in [2.45, 2.75) is 0 Å². The number of hydrogen-bond donors (Lipinski definition) is 0. The van der Waals surface area contributed by atoms with Crippen molar-refractivity contribution in [1.29, 1.82) is 5.26 Å². The van der Waals surface area contributed by atoms with Gasteiger partial charge in [0.25, 0.3) is 0 Å². The van der Waals surface area contributed by atoms with E-state index in [1.165, 1.54) is 24.3 Å². The molecule has 2 aromatic carbocycles. The van der Waals surface area contributed by atoms with Gasteiger partial charge in [-0.3, -0.25) is 0 Å². The molecule has 3 rings (SSSR count). The number of nitrogens with zero attached hydrogens (tertiary/aromatic N) is 1. The lowest BCUT2D eigenvalue weighted by atomic mass is 10.1. The minimum absolute atomic E-state index is 0.343. The van der Waals surface area contributed by atoms with Gasteiger partial charge in [-0.25, -0.2) is 8.78 Å². The van der Waals surface area contributed by atoms with Crippen LogP contribution in [0, 0.1) is 23.0 Å². The van der Waals surface area contributed by atoms with Gasteiger partial charge in [0, 0.05) is 17.2 Å². The van der Waals surface area contributed by atoms with Gasteiger partial charge in [-0.1, -0.05) is 0 Å². The Balaban J connectivity index is 2.08. The maximum Gasteiger partial charge on any atom is 0.152 e. The Bertz CT molecular complexity index is 811. The fourth-order valence-electron chi connectivity index (χ4n) is 2.05. The average molecular weight is 281 g/mol. The highest BCUT2D eigenvalue weighted by molar-refractivity contribution is 5.71. The van der Waals surface area contributed by atoms with Crippen molar-refractivity contribution in [3.63, 3.8) is 0 Å². The molecule has 0 N–H and O–H groups in total. The second-order valence-electron chi connectivity index (χ2n) is 4.48. The van der Waals surface area contributed by atoms with Crippen LogP contribution in [0.2, 0.25) is 0 Å². The summed E-state index contributed by atoms with van der Waals surface area (Å²) in [5, 5.41) is 9.19. The van der Waals surface area contributed by atoms with Gasteiger partial charge in [-0.05, 0) is 48.5 Å². The Labute approximate surface area is 119 Å². The number of furan rings is 1. The van der Waals surface area contributed by atoms with Crippen LogP contribution in [0.5, 0.6) is 0 Å². The Hall–Kier alpha value is -2.93. The number of benzene rings is 2. The first kappa shape index (κ1) is 13.1. The van der Waals surface area contributed by atoms with Crippen LogP contribution in [0.15, 0.2) is 59.0 Å². The summed E-state index contributed by atoms with van der Waals surface area (Å²) in [6, 6.07) is 15.1. The van der Waals surface area contributed by atoms with Crippen molar-refractivity contribution in [3.05, 3.63) is 71.8 Å². The normalized spacial score (nSPS) is 10.3. The molecule has 0 aliphatic carbocycles. The maximum absolute atomic E-state index is 13.0. The Morgan fingerprint density at radius 1 is 0.810 bits per heavy atom. The summed E-state index contributed by atoms with van der Waals surface area (Å²) in [5.74, 6) is 0.134. The van der Waals surface area contributed by atoms with E-state index in [1.54, 1.807) is 30.3 Å². The highest BCUT2D eigenvalue weighted by atomic mass is 19.1. The van der Waals surface area contributed by atoms with Gasteiger partial charge in [0.1, 0.15) is 23.5 Å². The average Bonchev–Trinajstić information content (AvgIpc) is 2.93. The van der Waals surface area contributed by atoms with E-state index in [9.17, 15) is 14.0 Å². The van der Waals surface area contributed by atoms with Gasteiger partial charge in [0.05, 0.1) is 5.56 Å². The highest BCUT2D eigenvalue weighted by Crippen LogP contribution is 2.32. The van der Waals surface area contributed by atoms with Gasteiger partial charge in [0.2, 0.25) is 0 Å². The third-order valence-corrected chi connectivity index (χ3v) is 3.09. The molecule has 0 atom stereocenters. The first-order chi connectivity index (χ1) is 10.2. The summed E-state index contributed by atoms with van der Waals surface area (Å²) in [5.41, 5.74) is 1.63. The molecule has 0 radical (unpaired) electrons. The van der Waals surface area contributed by atoms with E-state index < -0.39 is 0 Å². The molecule has 0 unspecified atom stereocenters. The monoisotopic (exact) mass is 281 g/mol. The van der Waals surface area contributed by atoms with E-state index in [1.807, 2.05) is 6.07 Å². The van der Waals surface area contributed by atoms with Crippen molar-refractivity contribution in [2.75, 3.05) is 0 Å². The molecular weight excluding hydrogens is 272 g/mol. The minimum atomic E-state index is -0.359. The van der Waals surface area contributed by atoms with Crippen LogP contribution in [-0.2, 0) is 0 Å². The molecule has 21 heavy (non-hydrogen) atoms. The second kappa shape index (κ2) is 5.22. The van der Waals surface area contributed by atoms with E-state index >= 15 is 0 Å². The molecule has 1 heterocycles. The van der Waals surface area contributed by atoms with Crippen molar-refractivity contribution in [2.24, 2.45) is 0 Å². The van der Waals surface area contributed by atoms with Crippen molar-refractivity contribution >= 4 is 0 Å². The quantitative estimate of drug-likeness (QED) is 0.678. The summed E-state index contributed by atoms with van der Waals surface area (Å²) < 4.78 is 31.6. The van der Waals surface area contributed by atoms with Crippen LogP contribution >= 0.6 is 0 Å². The molecule has 0 fully saturated rings. The van der Waals surface area contributed by atoms with Gasteiger partial charge >= 0.3 is 0 Å². The SMILES string of the molecule is N#Cc1cc(-c2ccc(F)cc2)oc1-c1ccc(F)cc1. The fourth-order valence-corrected chi connectivity index (χ4v) is 2.05. The van der Waals surface area contributed by atoms with Gasteiger partial charge in [0.15, 0.2) is 5.76 Å². The molecule has 0 aliphatic rings. The number of rotatable bonds is 2. The molecule has 0 spiro atoms. The predicted octanol–water partition coefficient (Wildman–Crippen LogP) is 4.76. The Morgan fingerprint density at radius 2 is 1.33 bits per heavy atom.